The molecule has 98 valence electrons. The van der Waals surface area contributed by atoms with E-state index in [1.807, 2.05) is 12.1 Å². The van der Waals surface area contributed by atoms with Gasteiger partial charge in [0.05, 0.1) is 0 Å². The van der Waals surface area contributed by atoms with E-state index in [-0.39, 0.29) is 5.84 Å². The second-order valence-electron chi connectivity index (χ2n) is 5.76. The lowest BCUT2D eigenvalue weighted by Crippen LogP contribution is -2.41. The molecule has 1 saturated heterocycles. The van der Waals surface area contributed by atoms with Gasteiger partial charge in [-0.05, 0) is 36.5 Å². The summed E-state index contributed by atoms with van der Waals surface area (Å²) < 4.78 is 1.03. The van der Waals surface area contributed by atoms with Gasteiger partial charge in [-0.15, -0.1) is 0 Å². The maximum Gasteiger partial charge on any atom is 0.124 e. The topological polar surface area (TPSA) is 53.1 Å². The minimum absolute atomic E-state index is 0.140. The first-order valence-corrected chi connectivity index (χ1v) is 7.07. The number of amidine groups is 1. The van der Waals surface area contributed by atoms with E-state index in [9.17, 15) is 0 Å². The van der Waals surface area contributed by atoms with Gasteiger partial charge in [0, 0.05) is 28.8 Å². The first-order chi connectivity index (χ1) is 8.39. The van der Waals surface area contributed by atoms with Crippen LogP contribution in [0.4, 0.5) is 5.69 Å². The fourth-order valence-corrected chi connectivity index (χ4v) is 2.97. The van der Waals surface area contributed by atoms with E-state index in [0.29, 0.717) is 5.41 Å². The minimum Gasteiger partial charge on any atom is -0.384 e. The first kappa shape index (κ1) is 13.4. The van der Waals surface area contributed by atoms with E-state index in [2.05, 4.69) is 40.7 Å². The number of nitrogens with zero attached hydrogens (tertiary/aromatic N) is 1. The van der Waals surface area contributed by atoms with E-state index in [1.165, 1.54) is 12.8 Å². The summed E-state index contributed by atoms with van der Waals surface area (Å²) in [4.78, 5) is 2.35. The smallest absolute Gasteiger partial charge is 0.124 e. The molecular weight excluding hydrogens is 290 g/mol. The lowest BCUT2D eigenvalue weighted by Gasteiger charge is -2.40. The normalized spacial score (nSPS) is 18.7. The van der Waals surface area contributed by atoms with Gasteiger partial charge in [-0.25, -0.2) is 0 Å². The standard InChI is InChI=1S/C14H20BrN3/c1-14(2)6-3-7-18(9-14)12-8-10(15)4-5-11(12)13(16)17/h4-5,8H,3,6-7,9H2,1-2H3,(H3,16,17). The highest BCUT2D eigenvalue weighted by atomic mass is 79.9. The predicted octanol–water partition coefficient (Wildman–Crippen LogP) is 3.36. The molecule has 0 saturated carbocycles. The Hall–Kier alpha value is -1.03. The molecule has 18 heavy (non-hydrogen) atoms. The highest BCUT2D eigenvalue weighted by Crippen LogP contribution is 2.34. The molecule has 0 aromatic heterocycles. The van der Waals surface area contributed by atoms with Crippen LogP contribution >= 0.6 is 15.9 Å². The van der Waals surface area contributed by atoms with Crippen molar-refractivity contribution >= 4 is 27.5 Å². The Bertz CT molecular complexity index is 468. The Kier molecular flexibility index (Phi) is 3.66. The average molecular weight is 310 g/mol. The summed E-state index contributed by atoms with van der Waals surface area (Å²) in [6.45, 7) is 6.65. The molecule has 1 heterocycles. The lowest BCUT2D eigenvalue weighted by atomic mass is 9.84. The molecule has 1 fully saturated rings. The number of halogens is 1. The van der Waals surface area contributed by atoms with Crippen molar-refractivity contribution in [3.05, 3.63) is 28.2 Å². The van der Waals surface area contributed by atoms with Crippen molar-refractivity contribution in [3.63, 3.8) is 0 Å². The van der Waals surface area contributed by atoms with Crippen molar-refractivity contribution < 1.29 is 0 Å². The van der Waals surface area contributed by atoms with Crippen molar-refractivity contribution in [1.82, 2.24) is 0 Å². The molecular formula is C14H20BrN3. The summed E-state index contributed by atoms with van der Waals surface area (Å²) in [7, 11) is 0. The number of benzene rings is 1. The molecule has 0 radical (unpaired) electrons. The SMILES string of the molecule is CC1(C)CCCN(c2cc(Br)ccc2C(=N)N)C1. The van der Waals surface area contributed by atoms with Gasteiger partial charge in [0.25, 0.3) is 0 Å². The van der Waals surface area contributed by atoms with Crippen LogP contribution in [0.15, 0.2) is 22.7 Å². The van der Waals surface area contributed by atoms with Crippen LogP contribution in [0.25, 0.3) is 0 Å². The van der Waals surface area contributed by atoms with Gasteiger partial charge in [0.2, 0.25) is 0 Å². The number of nitrogen functional groups attached to an aromatic ring is 1. The highest BCUT2D eigenvalue weighted by Gasteiger charge is 2.27. The largest absolute Gasteiger partial charge is 0.384 e. The van der Waals surface area contributed by atoms with Crippen LogP contribution in [-0.4, -0.2) is 18.9 Å². The molecule has 0 unspecified atom stereocenters. The molecule has 1 aliphatic rings. The Morgan fingerprint density at radius 3 is 2.78 bits per heavy atom. The number of rotatable bonds is 2. The molecule has 1 aromatic carbocycles. The summed E-state index contributed by atoms with van der Waals surface area (Å²) >= 11 is 3.50. The second-order valence-corrected chi connectivity index (χ2v) is 6.68. The van der Waals surface area contributed by atoms with Crippen molar-refractivity contribution in [3.8, 4) is 0 Å². The Morgan fingerprint density at radius 2 is 2.17 bits per heavy atom. The van der Waals surface area contributed by atoms with E-state index in [4.69, 9.17) is 11.1 Å². The molecule has 0 amide bonds. The fraction of sp³-hybridized carbons (Fsp3) is 0.500. The Morgan fingerprint density at radius 1 is 1.44 bits per heavy atom. The van der Waals surface area contributed by atoms with E-state index >= 15 is 0 Å². The van der Waals surface area contributed by atoms with Gasteiger partial charge in [-0.2, -0.15) is 0 Å². The third-order valence-corrected chi connectivity index (χ3v) is 3.98. The summed E-state index contributed by atoms with van der Waals surface area (Å²) in [6, 6.07) is 5.93. The third kappa shape index (κ3) is 2.86. The zero-order chi connectivity index (χ0) is 13.3. The molecule has 0 spiro atoms. The molecule has 0 bridgehead atoms. The number of nitrogens with two attached hydrogens (primary N) is 1. The monoisotopic (exact) mass is 309 g/mol. The first-order valence-electron chi connectivity index (χ1n) is 6.28. The summed E-state index contributed by atoms with van der Waals surface area (Å²) in [5, 5.41) is 7.70. The van der Waals surface area contributed by atoms with Gasteiger partial charge in [-0.3, -0.25) is 5.41 Å². The van der Waals surface area contributed by atoms with Crippen molar-refractivity contribution in [2.24, 2.45) is 11.1 Å². The molecule has 0 atom stereocenters. The number of hydrogen-bond donors (Lipinski definition) is 2. The number of piperidine rings is 1. The zero-order valence-electron chi connectivity index (χ0n) is 11.0. The Labute approximate surface area is 117 Å². The molecule has 2 rings (SSSR count). The molecule has 1 aromatic rings. The van der Waals surface area contributed by atoms with Gasteiger partial charge >= 0.3 is 0 Å². The quantitative estimate of drug-likeness (QED) is 0.650. The molecule has 3 N–H and O–H groups in total. The van der Waals surface area contributed by atoms with Crippen LogP contribution in [0, 0.1) is 10.8 Å². The molecule has 4 heteroatoms. The number of anilines is 1. The van der Waals surface area contributed by atoms with E-state index < -0.39 is 0 Å². The van der Waals surface area contributed by atoms with E-state index in [1.54, 1.807) is 0 Å². The highest BCUT2D eigenvalue weighted by molar-refractivity contribution is 9.10. The lowest BCUT2D eigenvalue weighted by molar-refractivity contribution is 0.293. The Balaban J connectivity index is 2.37. The fourth-order valence-electron chi connectivity index (χ4n) is 2.62. The summed E-state index contributed by atoms with van der Waals surface area (Å²) in [5.74, 6) is 0.140. The van der Waals surface area contributed by atoms with Crippen LogP contribution in [0.2, 0.25) is 0 Å². The van der Waals surface area contributed by atoms with Crippen LogP contribution < -0.4 is 10.6 Å². The maximum atomic E-state index is 7.70. The third-order valence-electron chi connectivity index (χ3n) is 3.49. The van der Waals surface area contributed by atoms with Crippen molar-refractivity contribution in [1.29, 1.82) is 5.41 Å². The zero-order valence-corrected chi connectivity index (χ0v) is 12.5. The average Bonchev–Trinajstić information content (AvgIpc) is 2.27. The van der Waals surface area contributed by atoms with Crippen LogP contribution in [0.3, 0.4) is 0 Å². The van der Waals surface area contributed by atoms with Crippen LogP contribution in [-0.2, 0) is 0 Å². The van der Waals surface area contributed by atoms with Gasteiger partial charge in [0.1, 0.15) is 5.84 Å². The molecule has 3 nitrogen and oxygen atoms in total. The van der Waals surface area contributed by atoms with Crippen LogP contribution in [0.5, 0.6) is 0 Å². The van der Waals surface area contributed by atoms with Gasteiger partial charge < -0.3 is 10.6 Å². The van der Waals surface area contributed by atoms with Gasteiger partial charge in [0.15, 0.2) is 0 Å². The van der Waals surface area contributed by atoms with Crippen molar-refractivity contribution in [2.75, 3.05) is 18.0 Å². The molecule has 0 aliphatic carbocycles. The number of hydrogen-bond acceptors (Lipinski definition) is 2. The number of nitrogens with one attached hydrogen (secondary N) is 1. The summed E-state index contributed by atoms with van der Waals surface area (Å²) in [6.07, 6.45) is 2.45. The summed E-state index contributed by atoms with van der Waals surface area (Å²) in [5.41, 5.74) is 7.91. The predicted molar refractivity (Wildman–Crippen MR) is 80.4 cm³/mol. The second kappa shape index (κ2) is 4.92. The van der Waals surface area contributed by atoms with Crippen LogP contribution in [0.1, 0.15) is 32.3 Å². The maximum absolute atomic E-state index is 7.70. The van der Waals surface area contributed by atoms with E-state index in [0.717, 1.165) is 28.8 Å². The van der Waals surface area contributed by atoms with Gasteiger partial charge in [-0.1, -0.05) is 29.8 Å². The molecule has 1 aliphatic heterocycles. The minimum atomic E-state index is 0.140. The van der Waals surface area contributed by atoms with Crippen molar-refractivity contribution in [2.45, 2.75) is 26.7 Å².